The highest BCUT2D eigenvalue weighted by atomic mass is 32.2. The maximum absolute atomic E-state index is 11.6. The second kappa shape index (κ2) is 4.55. The summed E-state index contributed by atoms with van der Waals surface area (Å²) in [7, 11) is -0.954. The largest absolute Gasteiger partial charge is 0.311 e. The van der Waals surface area contributed by atoms with Gasteiger partial charge in [-0.1, -0.05) is 0 Å². The van der Waals surface area contributed by atoms with E-state index in [4.69, 9.17) is 0 Å². The summed E-state index contributed by atoms with van der Waals surface area (Å²) < 4.78 is 24.8. The fourth-order valence-corrected chi connectivity index (χ4v) is 3.83. The highest BCUT2D eigenvalue weighted by Gasteiger charge is 2.30. The van der Waals surface area contributed by atoms with Crippen molar-refractivity contribution in [3.8, 4) is 0 Å². The number of sulfone groups is 1. The van der Waals surface area contributed by atoms with Crippen LogP contribution >= 0.6 is 0 Å². The van der Waals surface area contributed by atoms with Crippen LogP contribution in [0, 0.1) is 0 Å². The molecule has 1 fully saturated rings. The molecule has 1 saturated heterocycles. The molecule has 1 atom stereocenters. The minimum atomic E-state index is -2.82. The summed E-state index contributed by atoms with van der Waals surface area (Å²) in [5.74, 6) is 0.353. The summed E-state index contributed by atoms with van der Waals surface area (Å²) in [6.45, 7) is 1.23. The van der Waals surface area contributed by atoms with E-state index in [9.17, 15) is 8.42 Å². The summed E-state index contributed by atoms with van der Waals surface area (Å²) in [6.07, 6.45) is 5.32. The zero-order chi connectivity index (χ0) is 11.6. The van der Waals surface area contributed by atoms with E-state index in [2.05, 4.69) is 10.4 Å². The van der Waals surface area contributed by atoms with E-state index in [1.54, 1.807) is 10.9 Å². The lowest BCUT2D eigenvalue weighted by Gasteiger charge is -2.09. The Morgan fingerprint density at radius 1 is 1.62 bits per heavy atom. The first kappa shape index (κ1) is 11.6. The van der Waals surface area contributed by atoms with E-state index in [1.807, 2.05) is 13.2 Å². The van der Waals surface area contributed by atoms with Crippen LogP contribution in [0.15, 0.2) is 12.4 Å². The molecule has 6 heteroatoms. The molecule has 1 aromatic rings. The summed E-state index contributed by atoms with van der Waals surface area (Å²) in [5.41, 5.74) is 1.08. The van der Waals surface area contributed by atoms with Gasteiger partial charge in [0.25, 0.3) is 0 Å². The average molecular weight is 243 g/mol. The normalized spacial score (nSPS) is 23.7. The number of aryl methyl sites for hydroxylation is 1. The summed E-state index contributed by atoms with van der Waals surface area (Å²) in [5, 5.41) is 7.04. The van der Waals surface area contributed by atoms with Crippen LogP contribution in [0.1, 0.15) is 18.4 Å². The van der Waals surface area contributed by atoms with Crippen molar-refractivity contribution in [2.75, 3.05) is 12.3 Å². The van der Waals surface area contributed by atoms with Gasteiger partial charge >= 0.3 is 0 Å². The Morgan fingerprint density at radius 3 is 3.00 bits per heavy atom. The summed E-state index contributed by atoms with van der Waals surface area (Å²) >= 11 is 0. The van der Waals surface area contributed by atoms with Gasteiger partial charge in [-0.2, -0.15) is 5.10 Å². The Hall–Kier alpha value is -0.880. The third kappa shape index (κ3) is 2.62. The van der Waals surface area contributed by atoms with E-state index in [0.717, 1.165) is 18.4 Å². The molecule has 0 amide bonds. The Bertz CT molecular complexity index is 452. The van der Waals surface area contributed by atoms with Crippen molar-refractivity contribution in [2.24, 2.45) is 7.05 Å². The molecule has 90 valence electrons. The van der Waals surface area contributed by atoms with Crippen LogP contribution in [-0.4, -0.2) is 35.7 Å². The van der Waals surface area contributed by atoms with Crippen LogP contribution in [-0.2, 0) is 23.4 Å². The first-order valence-electron chi connectivity index (χ1n) is 5.48. The maximum atomic E-state index is 11.6. The zero-order valence-electron chi connectivity index (χ0n) is 9.39. The molecule has 5 nitrogen and oxygen atoms in total. The van der Waals surface area contributed by atoms with Gasteiger partial charge in [-0.3, -0.25) is 4.68 Å². The van der Waals surface area contributed by atoms with Gasteiger partial charge in [0.05, 0.1) is 17.2 Å². The Balaban J connectivity index is 1.80. The predicted octanol–water partition coefficient (Wildman–Crippen LogP) is 0.0869. The van der Waals surface area contributed by atoms with E-state index in [-0.39, 0.29) is 5.25 Å². The van der Waals surface area contributed by atoms with Gasteiger partial charge in [0.2, 0.25) is 0 Å². The van der Waals surface area contributed by atoms with Crippen LogP contribution in [0.4, 0.5) is 0 Å². The van der Waals surface area contributed by atoms with Crippen LogP contribution in [0.25, 0.3) is 0 Å². The first-order chi connectivity index (χ1) is 7.58. The summed E-state index contributed by atoms with van der Waals surface area (Å²) in [4.78, 5) is 0. The number of rotatable bonds is 4. The van der Waals surface area contributed by atoms with Crippen molar-refractivity contribution in [1.29, 1.82) is 0 Å². The van der Waals surface area contributed by atoms with E-state index < -0.39 is 9.84 Å². The van der Waals surface area contributed by atoms with Crippen LogP contribution < -0.4 is 5.32 Å². The molecule has 1 aromatic heterocycles. The molecular formula is C10H17N3O2S. The number of aromatic nitrogens is 2. The highest BCUT2D eigenvalue weighted by Crippen LogP contribution is 2.19. The quantitative estimate of drug-likeness (QED) is 0.814. The maximum Gasteiger partial charge on any atom is 0.154 e. The van der Waals surface area contributed by atoms with Crippen LogP contribution in [0.5, 0.6) is 0 Å². The molecule has 0 saturated carbocycles. The number of nitrogens with zero attached hydrogens (tertiary/aromatic N) is 2. The van der Waals surface area contributed by atoms with E-state index in [1.165, 1.54) is 0 Å². The average Bonchev–Trinajstić information content (AvgIpc) is 2.74. The number of nitrogens with one attached hydrogen (secondary N) is 1. The van der Waals surface area contributed by atoms with Gasteiger partial charge in [0.15, 0.2) is 9.84 Å². The summed E-state index contributed by atoms with van der Waals surface area (Å²) in [6, 6.07) is 0. The Labute approximate surface area is 95.8 Å². The van der Waals surface area contributed by atoms with Crippen molar-refractivity contribution in [1.82, 2.24) is 15.1 Å². The van der Waals surface area contributed by atoms with Gasteiger partial charge in [0, 0.05) is 31.9 Å². The second-order valence-electron chi connectivity index (χ2n) is 4.28. The smallest absolute Gasteiger partial charge is 0.154 e. The molecule has 1 unspecified atom stereocenters. The highest BCUT2D eigenvalue weighted by molar-refractivity contribution is 7.92. The van der Waals surface area contributed by atoms with Crippen molar-refractivity contribution in [2.45, 2.75) is 24.6 Å². The topological polar surface area (TPSA) is 64.0 Å². The molecule has 0 aromatic carbocycles. The molecule has 0 spiro atoms. The van der Waals surface area contributed by atoms with Crippen molar-refractivity contribution in [3.05, 3.63) is 18.0 Å². The fraction of sp³-hybridized carbons (Fsp3) is 0.700. The lowest BCUT2D eigenvalue weighted by molar-refractivity contribution is 0.574. The van der Waals surface area contributed by atoms with Gasteiger partial charge < -0.3 is 5.32 Å². The van der Waals surface area contributed by atoms with Gasteiger partial charge in [-0.25, -0.2) is 8.42 Å². The molecule has 1 N–H and O–H groups in total. The van der Waals surface area contributed by atoms with Crippen molar-refractivity contribution < 1.29 is 8.42 Å². The van der Waals surface area contributed by atoms with Crippen molar-refractivity contribution in [3.63, 3.8) is 0 Å². The van der Waals surface area contributed by atoms with Gasteiger partial charge in [0.1, 0.15) is 0 Å². The SMILES string of the molecule is Cn1cc(CNCC2CCCS2(=O)=O)cn1. The fourth-order valence-electron chi connectivity index (χ4n) is 2.03. The standard InChI is InChI=1S/C10H17N3O2S/c1-13-8-9(6-12-13)5-11-7-10-3-2-4-16(10,14)15/h6,8,10-11H,2-5,7H2,1H3. The predicted molar refractivity (Wildman–Crippen MR) is 61.7 cm³/mol. The molecule has 2 heterocycles. The van der Waals surface area contributed by atoms with Crippen LogP contribution in [0.2, 0.25) is 0 Å². The Morgan fingerprint density at radius 2 is 2.44 bits per heavy atom. The Kier molecular flexibility index (Phi) is 3.30. The second-order valence-corrected chi connectivity index (χ2v) is 6.69. The lowest BCUT2D eigenvalue weighted by atomic mass is 10.2. The first-order valence-corrected chi connectivity index (χ1v) is 7.19. The minimum absolute atomic E-state index is 0.191. The molecular weight excluding hydrogens is 226 g/mol. The molecule has 2 rings (SSSR count). The molecule has 0 radical (unpaired) electrons. The van der Waals surface area contributed by atoms with Gasteiger partial charge in [-0.05, 0) is 12.8 Å². The van der Waals surface area contributed by atoms with Crippen molar-refractivity contribution >= 4 is 9.84 Å². The molecule has 0 aliphatic carbocycles. The molecule has 1 aliphatic heterocycles. The zero-order valence-corrected chi connectivity index (χ0v) is 10.2. The lowest BCUT2D eigenvalue weighted by Crippen LogP contribution is -2.30. The minimum Gasteiger partial charge on any atom is -0.311 e. The van der Waals surface area contributed by atoms with Crippen LogP contribution in [0.3, 0.4) is 0 Å². The molecule has 16 heavy (non-hydrogen) atoms. The number of hydrogen-bond acceptors (Lipinski definition) is 4. The molecule has 0 bridgehead atoms. The third-order valence-electron chi connectivity index (χ3n) is 2.92. The third-order valence-corrected chi connectivity index (χ3v) is 5.20. The van der Waals surface area contributed by atoms with Gasteiger partial charge in [-0.15, -0.1) is 0 Å². The van der Waals surface area contributed by atoms with E-state index in [0.29, 0.717) is 18.8 Å². The van der Waals surface area contributed by atoms with E-state index >= 15 is 0 Å². The molecule has 1 aliphatic rings. The monoisotopic (exact) mass is 243 g/mol. The number of hydrogen-bond donors (Lipinski definition) is 1.